The number of aliphatic hydroxyl groups is 1. The van der Waals surface area contributed by atoms with Crippen molar-refractivity contribution >= 4 is 0 Å². The van der Waals surface area contributed by atoms with Crippen molar-refractivity contribution in [3.63, 3.8) is 0 Å². The van der Waals surface area contributed by atoms with E-state index < -0.39 is 18.3 Å². The highest BCUT2D eigenvalue weighted by atomic mass is 19.4. The van der Waals surface area contributed by atoms with Crippen molar-refractivity contribution in [2.45, 2.75) is 37.7 Å². The van der Waals surface area contributed by atoms with Crippen molar-refractivity contribution in [2.75, 3.05) is 19.8 Å². The van der Waals surface area contributed by atoms with Gasteiger partial charge in [-0.2, -0.15) is 13.2 Å². The molecule has 7 heteroatoms. The van der Waals surface area contributed by atoms with Gasteiger partial charge in [-0.1, -0.05) is 6.07 Å². The molecule has 0 spiro atoms. The van der Waals surface area contributed by atoms with E-state index in [2.05, 4.69) is 4.98 Å². The van der Waals surface area contributed by atoms with Gasteiger partial charge in [-0.05, 0) is 24.5 Å². The largest absolute Gasteiger partial charge is 0.406 e. The molecule has 1 aromatic heterocycles. The zero-order valence-corrected chi connectivity index (χ0v) is 11.6. The Morgan fingerprint density at radius 2 is 2.29 bits per heavy atom. The summed E-state index contributed by atoms with van der Waals surface area (Å²) in [6.07, 6.45) is -1.13. The highest BCUT2D eigenvalue weighted by molar-refractivity contribution is 5.09. The molecule has 2 unspecified atom stereocenters. The van der Waals surface area contributed by atoms with E-state index in [1.807, 2.05) is 0 Å². The van der Waals surface area contributed by atoms with Gasteiger partial charge in [0.15, 0.2) is 0 Å². The van der Waals surface area contributed by atoms with Gasteiger partial charge in [0.1, 0.15) is 6.04 Å². The van der Waals surface area contributed by atoms with Crippen LogP contribution >= 0.6 is 0 Å². The second kappa shape index (κ2) is 7.20. The van der Waals surface area contributed by atoms with Crippen LogP contribution < -0.4 is 0 Å². The summed E-state index contributed by atoms with van der Waals surface area (Å²) in [7, 11) is 0. The van der Waals surface area contributed by atoms with E-state index >= 15 is 0 Å². The molecule has 2 heterocycles. The quantitative estimate of drug-likeness (QED) is 0.873. The van der Waals surface area contributed by atoms with E-state index in [-0.39, 0.29) is 19.7 Å². The van der Waals surface area contributed by atoms with Crippen molar-refractivity contribution in [3.05, 3.63) is 30.1 Å². The average Bonchev–Trinajstić information content (AvgIpc) is 2.92. The van der Waals surface area contributed by atoms with E-state index in [1.165, 1.54) is 11.1 Å². The van der Waals surface area contributed by atoms with E-state index in [9.17, 15) is 13.2 Å². The molecule has 1 saturated heterocycles. The van der Waals surface area contributed by atoms with Crippen molar-refractivity contribution in [1.29, 1.82) is 0 Å². The predicted molar refractivity (Wildman–Crippen MR) is 70.5 cm³/mol. The number of aromatic nitrogens is 1. The van der Waals surface area contributed by atoms with Gasteiger partial charge in [-0.15, -0.1) is 0 Å². The smallest absolute Gasteiger partial charge is 0.395 e. The molecule has 1 aromatic rings. The van der Waals surface area contributed by atoms with Crippen molar-refractivity contribution < 1.29 is 23.0 Å². The number of hydrogen-bond acceptors (Lipinski definition) is 4. The molecule has 0 saturated carbocycles. The summed E-state index contributed by atoms with van der Waals surface area (Å²) < 4.78 is 45.5. The van der Waals surface area contributed by atoms with E-state index in [4.69, 9.17) is 9.84 Å². The fourth-order valence-electron chi connectivity index (χ4n) is 2.68. The molecule has 1 N–H and O–H groups in total. The van der Waals surface area contributed by atoms with E-state index in [0.717, 1.165) is 0 Å². The first-order chi connectivity index (χ1) is 10.0. The fraction of sp³-hybridized carbons (Fsp3) is 0.643. The summed E-state index contributed by atoms with van der Waals surface area (Å²) in [4.78, 5) is 5.14. The third kappa shape index (κ3) is 4.39. The number of halogens is 3. The van der Waals surface area contributed by atoms with Crippen molar-refractivity contribution in [1.82, 2.24) is 9.88 Å². The molecular weight excluding hydrogens is 285 g/mol. The number of alkyl halides is 3. The molecule has 0 aromatic carbocycles. The number of rotatable bonds is 6. The molecule has 0 aliphatic carbocycles. The molecule has 0 radical (unpaired) electrons. The predicted octanol–water partition coefficient (Wildman–Crippen LogP) is 1.99. The Balaban J connectivity index is 2.19. The lowest BCUT2D eigenvalue weighted by atomic mass is 10.0. The van der Waals surface area contributed by atoms with Gasteiger partial charge in [0.05, 0.1) is 12.7 Å². The van der Waals surface area contributed by atoms with Crippen LogP contribution in [0, 0.1) is 0 Å². The lowest BCUT2D eigenvalue weighted by molar-refractivity contribution is -0.212. The first-order valence-corrected chi connectivity index (χ1v) is 6.94. The summed E-state index contributed by atoms with van der Waals surface area (Å²) in [6.45, 7) is 0.0496. The second-order valence-corrected chi connectivity index (χ2v) is 5.09. The van der Waals surface area contributed by atoms with Crippen LogP contribution in [-0.4, -0.2) is 53.1 Å². The number of hydrogen-bond donors (Lipinski definition) is 1. The van der Waals surface area contributed by atoms with Crippen LogP contribution in [-0.2, 0) is 11.3 Å². The molecule has 2 atom stereocenters. The third-order valence-corrected chi connectivity index (χ3v) is 3.54. The Morgan fingerprint density at radius 3 is 2.81 bits per heavy atom. The summed E-state index contributed by atoms with van der Waals surface area (Å²) in [5.74, 6) is 0. The van der Waals surface area contributed by atoms with Crippen LogP contribution in [0.2, 0.25) is 0 Å². The molecule has 0 amide bonds. The average molecular weight is 304 g/mol. The summed E-state index contributed by atoms with van der Waals surface area (Å²) in [6, 6.07) is 1.70. The maximum absolute atomic E-state index is 13.4. The van der Waals surface area contributed by atoms with Gasteiger partial charge in [-0.3, -0.25) is 9.88 Å². The van der Waals surface area contributed by atoms with Gasteiger partial charge in [-0.25, -0.2) is 0 Å². The molecular formula is C14H19F3N2O2. The summed E-state index contributed by atoms with van der Waals surface area (Å²) >= 11 is 0. The van der Waals surface area contributed by atoms with Gasteiger partial charge in [0, 0.05) is 32.1 Å². The molecule has 118 valence electrons. The maximum Gasteiger partial charge on any atom is 0.406 e. The summed E-state index contributed by atoms with van der Waals surface area (Å²) in [5, 5.41) is 9.11. The molecule has 1 fully saturated rings. The van der Waals surface area contributed by atoms with E-state index in [0.29, 0.717) is 25.0 Å². The van der Waals surface area contributed by atoms with Crippen LogP contribution in [0.3, 0.4) is 0 Å². The highest BCUT2D eigenvalue weighted by Crippen LogP contribution is 2.33. The Hall–Kier alpha value is -1.18. The van der Waals surface area contributed by atoms with Crippen LogP contribution in [0.25, 0.3) is 0 Å². The molecule has 0 bridgehead atoms. The van der Waals surface area contributed by atoms with Crippen LogP contribution in [0.5, 0.6) is 0 Å². The number of ether oxygens (including phenoxy) is 1. The van der Waals surface area contributed by atoms with Gasteiger partial charge >= 0.3 is 6.18 Å². The lowest BCUT2D eigenvalue weighted by Crippen LogP contribution is -2.53. The van der Waals surface area contributed by atoms with Gasteiger partial charge in [0.25, 0.3) is 0 Å². The molecule has 2 rings (SSSR count). The Bertz CT molecular complexity index is 422. The molecule has 1 aliphatic heterocycles. The number of pyridine rings is 1. The van der Waals surface area contributed by atoms with Gasteiger partial charge in [0.2, 0.25) is 0 Å². The zero-order chi connectivity index (χ0) is 15.3. The highest BCUT2D eigenvalue weighted by Gasteiger charge is 2.49. The van der Waals surface area contributed by atoms with Crippen LogP contribution in [0.4, 0.5) is 13.2 Å². The molecule has 1 aliphatic rings. The number of nitrogens with zero attached hydrogens (tertiary/aromatic N) is 2. The Kier molecular flexibility index (Phi) is 5.55. The van der Waals surface area contributed by atoms with E-state index in [1.54, 1.807) is 18.3 Å². The van der Waals surface area contributed by atoms with Crippen molar-refractivity contribution in [2.24, 2.45) is 0 Å². The Morgan fingerprint density at radius 1 is 1.48 bits per heavy atom. The minimum absolute atomic E-state index is 0.0566. The third-order valence-electron chi connectivity index (χ3n) is 3.54. The topological polar surface area (TPSA) is 45.6 Å². The first kappa shape index (κ1) is 16.2. The minimum Gasteiger partial charge on any atom is -0.395 e. The first-order valence-electron chi connectivity index (χ1n) is 6.94. The maximum atomic E-state index is 13.4. The van der Waals surface area contributed by atoms with Crippen molar-refractivity contribution in [3.8, 4) is 0 Å². The summed E-state index contributed by atoms with van der Waals surface area (Å²) in [5.41, 5.74) is 0.679. The Labute approximate surface area is 121 Å². The van der Waals surface area contributed by atoms with Crippen LogP contribution in [0.1, 0.15) is 18.4 Å². The van der Waals surface area contributed by atoms with Crippen LogP contribution in [0.15, 0.2) is 24.5 Å². The minimum atomic E-state index is -4.40. The lowest BCUT2D eigenvalue weighted by Gasteiger charge is -2.35. The molecule has 21 heavy (non-hydrogen) atoms. The SMILES string of the molecule is OCCN(Cc1cccnc1)C(C1CCCO1)C(F)(F)F. The normalized spacial score (nSPS) is 20.9. The standard InChI is InChI=1S/C14H19F3N2O2/c15-14(16,17)13(12-4-2-8-21-12)19(6-7-20)10-11-3-1-5-18-9-11/h1,3,5,9,12-13,20H,2,4,6-8,10H2. The zero-order valence-electron chi connectivity index (χ0n) is 11.6. The second-order valence-electron chi connectivity index (χ2n) is 5.09. The number of aliphatic hydroxyl groups excluding tert-OH is 1. The fourth-order valence-corrected chi connectivity index (χ4v) is 2.68. The molecule has 4 nitrogen and oxygen atoms in total. The van der Waals surface area contributed by atoms with Gasteiger partial charge < -0.3 is 9.84 Å². The monoisotopic (exact) mass is 304 g/mol.